The van der Waals surface area contributed by atoms with Gasteiger partial charge in [0, 0.05) is 19.6 Å². The fourth-order valence-electron chi connectivity index (χ4n) is 1.86. The van der Waals surface area contributed by atoms with Gasteiger partial charge in [-0.1, -0.05) is 18.5 Å². The first-order valence-corrected chi connectivity index (χ1v) is 6.87. The molecule has 104 valence electrons. The largest absolute Gasteiger partial charge is 0.378 e. The molecular weight excluding hydrogens is 266 g/mol. The van der Waals surface area contributed by atoms with Crippen LogP contribution in [0, 0.1) is 0 Å². The number of pyridine rings is 1. The van der Waals surface area contributed by atoms with E-state index in [9.17, 15) is 4.79 Å². The number of ether oxygens (including phenoxy) is 1. The van der Waals surface area contributed by atoms with Gasteiger partial charge in [-0.15, -0.1) is 0 Å². The van der Waals surface area contributed by atoms with Gasteiger partial charge in [0.2, 0.25) is 0 Å². The molecule has 0 aromatic carbocycles. The lowest BCUT2D eigenvalue weighted by Crippen LogP contribution is -2.41. The second kappa shape index (κ2) is 6.73. The highest BCUT2D eigenvalue weighted by Crippen LogP contribution is 2.19. The van der Waals surface area contributed by atoms with Crippen LogP contribution in [0.25, 0.3) is 0 Å². The maximum Gasteiger partial charge on any atom is 0.274 e. The van der Waals surface area contributed by atoms with Crippen LogP contribution in [0.3, 0.4) is 0 Å². The van der Waals surface area contributed by atoms with Crippen LogP contribution in [0.4, 0.5) is 5.82 Å². The molecule has 0 atom stereocenters. The highest BCUT2D eigenvalue weighted by atomic mass is 35.5. The lowest BCUT2D eigenvalue weighted by Gasteiger charge is -2.26. The quantitative estimate of drug-likeness (QED) is 0.919. The molecule has 1 N–H and O–H groups in total. The molecule has 1 saturated heterocycles. The first-order valence-electron chi connectivity index (χ1n) is 6.50. The molecule has 1 aliphatic heterocycles. The minimum atomic E-state index is -0.131. The Balaban J connectivity index is 2.14. The van der Waals surface area contributed by atoms with Crippen molar-refractivity contribution in [2.75, 3.05) is 38.2 Å². The average Bonchev–Trinajstić information content (AvgIpc) is 2.46. The standard InChI is InChI=1S/C13H18ClN3O2/c1-2-5-15-11-4-3-10(14)12(16-11)13(18)17-6-8-19-9-7-17/h3-4H,2,5-9H2,1H3,(H,15,16). The third kappa shape index (κ3) is 3.58. The second-order valence-corrected chi connectivity index (χ2v) is 4.77. The Hall–Kier alpha value is -1.33. The first-order chi connectivity index (χ1) is 9.22. The number of morpholine rings is 1. The molecule has 2 heterocycles. The van der Waals surface area contributed by atoms with Crippen molar-refractivity contribution in [3.05, 3.63) is 22.8 Å². The number of halogens is 1. The number of anilines is 1. The summed E-state index contributed by atoms with van der Waals surface area (Å²) in [6.07, 6.45) is 0.997. The van der Waals surface area contributed by atoms with Crippen molar-refractivity contribution in [1.29, 1.82) is 0 Å². The van der Waals surface area contributed by atoms with E-state index in [-0.39, 0.29) is 5.91 Å². The van der Waals surface area contributed by atoms with E-state index in [1.807, 2.05) is 0 Å². The summed E-state index contributed by atoms with van der Waals surface area (Å²) in [5.74, 6) is 0.552. The Morgan fingerprint density at radius 2 is 2.21 bits per heavy atom. The zero-order valence-electron chi connectivity index (χ0n) is 11.0. The molecule has 0 unspecified atom stereocenters. The topological polar surface area (TPSA) is 54.5 Å². The van der Waals surface area contributed by atoms with Crippen molar-refractivity contribution in [2.45, 2.75) is 13.3 Å². The molecule has 1 aliphatic rings. The van der Waals surface area contributed by atoms with Crippen LogP contribution in [0.2, 0.25) is 5.02 Å². The number of rotatable bonds is 4. The molecule has 1 aromatic rings. The summed E-state index contributed by atoms with van der Waals surface area (Å²) in [5, 5.41) is 3.54. The fraction of sp³-hybridized carbons (Fsp3) is 0.538. The maximum absolute atomic E-state index is 12.3. The fourth-order valence-corrected chi connectivity index (χ4v) is 2.05. The molecule has 2 rings (SSSR count). The number of hydrogen-bond donors (Lipinski definition) is 1. The van der Waals surface area contributed by atoms with Gasteiger partial charge < -0.3 is 15.0 Å². The smallest absolute Gasteiger partial charge is 0.274 e. The van der Waals surface area contributed by atoms with Crippen molar-refractivity contribution in [2.24, 2.45) is 0 Å². The molecule has 0 saturated carbocycles. The number of nitrogens with one attached hydrogen (secondary N) is 1. The summed E-state index contributed by atoms with van der Waals surface area (Å²) in [6, 6.07) is 3.49. The van der Waals surface area contributed by atoms with Gasteiger partial charge in [-0.05, 0) is 18.6 Å². The highest BCUT2D eigenvalue weighted by molar-refractivity contribution is 6.33. The molecule has 0 radical (unpaired) electrons. The Labute approximate surface area is 117 Å². The first kappa shape index (κ1) is 14.1. The van der Waals surface area contributed by atoms with E-state index in [2.05, 4.69) is 17.2 Å². The lowest BCUT2D eigenvalue weighted by molar-refractivity contribution is 0.0299. The molecule has 1 aromatic heterocycles. The molecule has 5 nitrogen and oxygen atoms in total. The number of carbonyl (C=O) groups excluding carboxylic acids is 1. The summed E-state index contributed by atoms with van der Waals surface area (Å²) in [7, 11) is 0. The number of aromatic nitrogens is 1. The second-order valence-electron chi connectivity index (χ2n) is 4.36. The van der Waals surface area contributed by atoms with Crippen LogP contribution < -0.4 is 5.32 Å². The Morgan fingerprint density at radius 3 is 2.89 bits per heavy atom. The summed E-state index contributed by atoms with van der Waals surface area (Å²) in [6.45, 7) is 5.20. The van der Waals surface area contributed by atoms with Crippen LogP contribution in [0.15, 0.2) is 12.1 Å². The van der Waals surface area contributed by atoms with Gasteiger partial charge in [-0.2, -0.15) is 0 Å². The third-order valence-corrected chi connectivity index (χ3v) is 3.21. The third-order valence-electron chi connectivity index (χ3n) is 2.90. The summed E-state index contributed by atoms with van der Waals surface area (Å²) < 4.78 is 5.23. The Kier molecular flexibility index (Phi) is 4.99. The highest BCUT2D eigenvalue weighted by Gasteiger charge is 2.22. The van der Waals surface area contributed by atoms with Crippen LogP contribution in [0.5, 0.6) is 0 Å². The number of nitrogens with zero attached hydrogens (tertiary/aromatic N) is 2. The van der Waals surface area contributed by atoms with Gasteiger partial charge in [-0.25, -0.2) is 4.98 Å². The van der Waals surface area contributed by atoms with Crippen LogP contribution in [-0.2, 0) is 4.74 Å². The Bertz CT molecular complexity index is 448. The van der Waals surface area contributed by atoms with Crippen molar-refractivity contribution >= 4 is 23.3 Å². The van der Waals surface area contributed by atoms with Crippen molar-refractivity contribution in [3.63, 3.8) is 0 Å². The van der Waals surface area contributed by atoms with Gasteiger partial charge >= 0.3 is 0 Å². The van der Waals surface area contributed by atoms with E-state index >= 15 is 0 Å². The number of carbonyl (C=O) groups is 1. The van der Waals surface area contributed by atoms with Crippen molar-refractivity contribution < 1.29 is 9.53 Å². The van der Waals surface area contributed by atoms with Crippen molar-refractivity contribution in [3.8, 4) is 0 Å². The van der Waals surface area contributed by atoms with E-state index in [1.165, 1.54) is 0 Å². The van der Waals surface area contributed by atoms with Gasteiger partial charge in [-0.3, -0.25) is 4.79 Å². The predicted molar refractivity (Wildman–Crippen MR) is 74.8 cm³/mol. The van der Waals surface area contributed by atoms with Gasteiger partial charge in [0.1, 0.15) is 11.5 Å². The molecule has 0 aliphatic carbocycles. The van der Waals surface area contributed by atoms with Gasteiger partial charge in [0.25, 0.3) is 5.91 Å². The predicted octanol–water partition coefficient (Wildman–Crippen LogP) is 2.03. The summed E-state index contributed by atoms with van der Waals surface area (Å²) in [4.78, 5) is 18.4. The van der Waals surface area contributed by atoms with E-state index < -0.39 is 0 Å². The molecule has 1 fully saturated rings. The molecule has 1 amide bonds. The number of hydrogen-bond acceptors (Lipinski definition) is 4. The van der Waals surface area contributed by atoms with Crippen molar-refractivity contribution in [1.82, 2.24) is 9.88 Å². The maximum atomic E-state index is 12.3. The summed E-state index contributed by atoms with van der Waals surface area (Å²) >= 11 is 6.08. The molecule has 6 heteroatoms. The SMILES string of the molecule is CCCNc1ccc(Cl)c(C(=O)N2CCOCC2)n1. The molecule has 0 spiro atoms. The van der Waals surface area contributed by atoms with Crippen LogP contribution in [-0.4, -0.2) is 48.6 Å². The minimum absolute atomic E-state index is 0.131. The molecular formula is C13H18ClN3O2. The normalized spacial score (nSPS) is 15.4. The minimum Gasteiger partial charge on any atom is -0.378 e. The van der Waals surface area contributed by atoms with E-state index in [0.717, 1.165) is 13.0 Å². The zero-order chi connectivity index (χ0) is 13.7. The molecule has 0 bridgehead atoms. The van der Waals surface area contributed by atoms with Crippen LogP contribution in [0.1, 0.15) is 23.8 Å². The average molecular weight is 284 g/mol. The lowest BCUT2D eigenvalue weighted by atomic mass is 10.3. The van der Waals surface area contributed by atoms with E-state index in [1.54, 1.807) is 17.0 Å². The molecule has 19 heavy (non-hydrogen) atoms. The Morgan fingerprint density at radius 1 is 1.47 bits per heavy atom. The van der Waals surface area contributed by atoms with Gasteiger partial charge in [0.05, 0.1) is 18.2 Å². The zero-order valence-corrected chi connectivity index (χ0v) is 11.7. The van der Waals surface area contributed by atoms with E-state index in [4.69, 9.17) is 16.3 Å². The van der Waals surface area contributed by atoms with Crippen LogP contribution >= 0.6 is 11.6 Å². The van der Waals surface area contributed by atoms with E-state index in [0.29, 0.717) is 42.8 Å². The number of amides is 1. The monoisotopic (exact) mass is 283 g/mol. The van der Waals surface area contributed by atoms with Gasteiger partial charge in [0.15, 0.2) is 0 Å². The summed E-state index contributed by atoms with van der Waals surface area (Å²) in [5.41, 5.74) is 0.310.